The molecule has 2 aromatic carbocycles. The van der Waals surface area contributed by atoms with Gasteiger partial charge in [-0.2, -0.15) is 0 Å². The fourth-order valence-corrected chi connectivity index (χ4v) is 3.87. The molecule has 0 saturated heterocycles. The summed E-state index contributed by atoms with van der Waals surface area (Å²) in [5.41, 5.74) is -0.619. The van der Waals surface area contributed by atoms with Crippen LogP contribution in [-0.4, -0.2) is 48.1 Å². The fourth-order valence-electron chi connectivity index (χ4n) is 3.87. The maximum absolute atomic E-state index is 13.5. The van der Waals surface area contributed by atoms with E-state index in [0.717, 1.165) is 0 Å². The highest BCUT2D eigenvalue weighted by atomic mass is 16.6. The van der Waals surface area contributed by atoms with E-state index < -0.39 is 35.7 Å². The Morgan fingerprint density at radius 3 is 2.60 bits per heavy atom. The summed E-state index contributed by atoms with van der Waals surface area (Å²) in [5.74, 6) is -3.98. The number of hydrogen-bond acceptors (Lipinski definition) is 8. The Kier molecular flexibility index (Phi) is 4.97. The standard InChI is InChI=1S/C22H18O8/c1-3-28-21(26)14-9-29-22(27)17-15(14)19(25)16-13(18(17)24)8-11-6-4-5-7-12(11)20(16)30-10(2)23/h4-8,14,22,27H,3,9H2,1-2H3. The van der Waals surface area contributed by atoms with Crippen LogP contribution in [0.2, 0.25) is 0 Å². The average Bonchev–Trinajstić information content (AvgIpc) is 2.71. The molecule has 30 heavy (non-hydrogen) atoms. The minimum Gasteiger partial charge on any atom is -0.465 e. The number of rotatable bonds is 3. The highest BCUT2D eigenvalue weighted by Gasteiger charge is 2.47. The summed E-state index contributed by atoms with van der Waals surface area (Å²) in [4.78, 5) is 51.0. The monoisotopic (exact) mass is 410 g/mol. The van der Waals surface area contributed by atoms with Gasteiger partial charge in [0.1, 0.15) is 5.92 Å². The largest absolute Gasteiger partial charge is 0.465 e. The maximum Gasteiger partial charge on any atom is 0.315 e. The minimum atomic E-state index is -1.65. The molecule has 1 aliphatic heterocycles. The first-order chi connectivity index (χ1) is 14.3. The Hall–Kier alpha value is -3.36. The lowest BCUT2D eigenvalue weighted by Gasteiger charge is -2.33. The molecule has 0 fully saturated rings. The highest BCUT2D eigenvalue weighted by Crippen LogP contribution is 2.43. The third-order valence-corrected chi connectivity index (χ3v) is 5.09. The van der Waals surface area contributed by atoms with Crippen molar-refractivity contribution in [3.8, 4) is 5.75 Å². The molecule has 8 heteroatoms. The lowest BCUT2D eigenvalue weighted by atomic mass is 9.76. The molecule has 2 unspecified atom stereocenters. The molecule has 0 bridgehead atoms. The summed E-state index contributed by atoms with van der Waals surface area (Å²) in [6.07, 6.45) is -1.65. The quantitative estimate of drug-likeness (QED) is 0.603. The second-order valence-electron chi connectivity index (χ2n) is 6.92. The zero-order valence-corrected chi connectivity index (χ0v) is 16.3. The molecule has 0 radical (unpaired) electrons. The van der Waals surface area contributed by atoms with E-state index in [1.165, 1.54) is 13.0 Å². The molecule has 0 amide bonds. The zero-order chi connectivity index (χ0) is 21.6. The van der Waals surface area contributed by atoms with Crippen molar-refractivity contribution in [2.24, 2.45) is 5.92 Å². The molecule has 8 nitrogen and oxygen atoms in total. The molecule has 2 aliphatic rings. The van der Waals surface area contributed by atoms with Gasteiger partial charge in [-0.05, 0) is 18.4 Å². The second-order valence-corrected chi connectivity index (χ2v) is 6.92. The molecular formula is C22H18O8. The molecule has 1 aliphatic carbocycles. The molecule has 0 aromatic heterocycles. The second kappa shape index (κ2) is 7.47. The topological polar surface area (TPSA) is 116 Å². The number of ether oxygens (including phenoxy) is 3. The van der Waals surface area contributed by atoms with Crippen LogP contribution >= 0.6 is 0 Å². The molecule has 2 aromatic rings. The molecule has 2 atom stereocenters. The van der Waals surface area contributed by atoms with Gasteiger partial charge in [-0.25, -0.2) is 0 Å². The van der Waals surface area contributed by atoms with Gasteiger partial charge in [0, 0.05) is 23.4 Å². The SMILES string of the molecule is CCOC(=O)C1COC(O)C2=C1C(=O)c1c(cc3ccccc3c1OC(C)=O)C2=O. The Balaban J connectivity index is 2.00. The summed E-state index contributed by atoms with van der Waals surface area (Å²) in [6, 6.07) is 8.32. The van der Waals surface area contributed by atoms with E-state index in [2.05, 4.69) is 0 Å². The molecule has 0 saturated carbocycles. The van der Waals surface area contributed by atoms with Gasteiger partial charge in [-0.15, -0.1) is 0 Å². The Morgan fingerprint density at radius 1 is 1.17 bits per heavy atom. The predicted octanol–water partition coefficient (Wildman–Crippen LogP) is 1.97. The van der Waals surface area contributed by atoms with E-state index in [4.69, 9.17) is 14.2 Å². The van der Waals surface area contributed by atoms with E-state index in [1.807, 2.05) is 0 Å². The van der Waals surface area contributed by atoms with Gasteiger partial charge in [0.05, 0.1) is 24.4 Å². The molecule has 1 heterocycles. The Morgan fingerprint density at radius 2 is 1.90 bits per heavy atom. The average molecular weight is 410 g/mol. The van der Waals surface area contributed by atoms with Crippen molar-refractivity contribution in [2.45, 2.75) is 20.1 Å². The van der Waals surface area contributed by atoms with E-state index >= 15 is 0 Å². The number of esters is 2. The van der Waals surface area contributed by atoms with Crippen molar-refractivity contribution < 1.29 is 38.5 Å². The number of aliphatic hydroxyl groups excluding tert-OH is 1. The Labute approximate surface area is 171 Å². The van der Waals surface area contributed by atoms with E-state index in [-0.39, 0.29) is 41.2 Å². The summed E-state index contributed by atoms with van der Waals surface area (Å²) < 4.78 is 15.6. The smallest absolute Gasteiger partial charge is 0.315 e. The van der Waals surface area contributed by atoms with E-state index in [1.54, 1.807) is 31.2 Å². The lowest BCUT2D eigenvalue weighted by molar-refractivity contribution is -0.154. The number of aliphatic hydroxyl groups is 1. The van der Waals surface area contributed by atoms with Crippen LogP contribution < -0.4 is 4.74 Å². The van der Waals surface area contributed by atoms with Crippen molar-refractivity contribution in [2.75, 3.05) is 13.2 Å². The minimum absolute atomic E-state index is 0.0270. The molecule has 0 spiro atoms. The summed E-state index contributed by atoms with van der Waals surface area (Å²) in [7, 11) is 0. The summed E-state index contributed by atoms with van der Waals surface area (Å²) in [5, 5.41) is 11.3. The third-order valence-electron chi connectivity index (χ3n) is 5.09. The van der Waals surface area contributed by atoms with E-state index in [0.29, 0.717) is 10.8 Å². The molecule has 154 valence electrons. The van der Waals surface area contributed by atoms with Crippen LogP contribution in [0.4, 0.5) is 0 Å². The van der Waals surface area contributed by atoms with Gasteiger partial charge in [-0.3, -0.25) is 19.2 Å². The van der Waals surface area contributed by atoms with Gasteiger partial charge in [0.15, 0.2) is 23.6 Å². The first-order valence-electron chi connectivity index (χ1n) is 9.39. The van der Waals surface area contributed by atoms with Crippen LogP contribution in [0.25, 0.3) is 10.8 Å². The van der Waals surface area contributed by atoms with Crippen molar-refractivity contribution in [1.29, 1.82) is 0 Å². The van der Waals surface area contributed by atoms with Crippen molar-refractivity contribution in [3.63, 3.8) is 0 Å². The van der Waals surface area contributed by atoms with Crippen LogP contribution in [0, 0.1) is 5.92 Å². The van der Waals surface area contributed by atoms with Gasteiger partial charge in [-0.1, -0.05) is 24.3 Å². The number of fused-ring (bicyclic) bond motifs is 2. The van der Waals surface area contributed by atoms with E-state index in [9.17, 15) is 24.3 Å². The first-order valence-corrected chi connectivity index (χ1v) is 9.39. The van der Waals surface area contributed by atoms with Gasteiger partial charge in [0.2, 0.25) is 0 Å². The van der Waals surface area contributed by atoms with Crippen LogP contribution in [0.15, 0.2) is 41.5 Å². The normalized spacial score (nSPS) is 20.6. The maximum atomic E-state index is 13.5. The number of carbonyl (C=O) groups is 4. The number of Topliss-reactive ketones (excluding diaryl/α,β-unsaturated/α-hetero) is 2. The van der Waals surface area contributed by atoms with Gasteiger partial charge in [0.25, 0.3) is 0 Å². The molecule has 1 N–H and O–H groups in total. The Bertz CT molecular complexity index is 1140. The van der Waals surface area contributed by atoms with Crippen LogP contribution in [0.1, 0.15) is 34.6 Å². The molecular weight excluding hydrogens is 392 g/mol. The van der Waals surface area contributed by atoms with Crippen molar-refractivity contribution >= 4 is 34.3 Å². The van der Waals surface area contributed by atoms with Gasteiger partial charge >= 0.3 is 11.9 Å². The third kappa shape index (κ3) is 3.01. The van der Waals surface area contributed by atoms with Crippen molar-refractivity contribution in [3.05, 3.63) is 52.6 Å². The van der Waals surface area contributed by atoms with Gasteiger partial charge < -0.3 is 19.3 Å². The summed E-state index contributed by atoms with van der Waals surface area (Å²) in [6.45, 7) is 2.56. The highest BCUT2D eigenvalue weighted by molar-refractivity contribution is 6.31. The first kappa shape index (κ1) is 19.9. The van der Waals surface area contributed by atoms with Crippen LogP contribution in [0.3, 0.4) is 0 Å². The zero-order valence-electron chi connectivity index (χ0n) is 16.3. The number of benzene rings is 2. The lowest BCUT2D eigenvalue weighted by Crippen LogP contribution is -2.42. The van der Waals surface area contributed by atoms with Crippen LogP contribution in [0.5, 0.6) is 5.75 Å². The van der Waals surface area contributed by atoms with Crippen LogP contribution in [-0.2, 0) is 19.1 Å². The molecule has 4 rings (SSSR count). The number of ketones is 2. The van der Waals surface area contributed by atoms with Crippen molar-refractivity contribution in [1.82, 2.24) is 0 Å². The predicted molar refractivity (Wildman–Crippen MR) is 103 cm³/mol. The number of carbonyl (C=O) groups excluding carboxylic acids is 4. The fraction of sp³-hybridized carbons (Fsp3) is 0.273. The number of hydrogen-bond donors (Lipinski definition) is 1. The summed E-state index contributed by atoms with van der Waals surface area (Å²) >= 11 is 0.